The fourth-order valence-corrected chi connectivity index (χ4v) is 6.05. The molecule has 2 aromatic carbocycles. The van der Waals surface area contributed by atoms with Crippen molar-refractivity contribution in [2.45, 2.75) is 75.9 Å². The molecule has 10 heteroatoms. The molecule has 2 saturated carbocycles. The molecule has 3 atom stereocenters. The molecular formula is C28H29F3N2O5. The molecule has 0 spiro atoms. The molecular weight excluding hydrogens is 501 g/mol. The van der Waals surface area contributed by atoms with Crippen molar-refractivity contribution in [3.63, 3.8) is 0 Å². The van der Waals surface area contributed by atoms with Crippen LogP contribution in [0.25, 0.3) is 0 Å². The Kier molecular flexibility index (Phi) is 7.07. The summed E-state index contributed by atoms with van der Waals surface area (Å²) in [7, 11) is 0. The fraction of sp³-hybridized carbons (Fsp3) is 0.464. The maximum atomic E-state index is 13.7. The predicted molar refractivity (Wildman–Crippen MR) is 131 cm³/mol. The third-order valence-corrected chi connectivity index (χ3v) is 7.65. The average Bonchev–Trinajstić information content (AvgIpc) is 3.58. The molecule has 0 radical (unpaired) electrons. The van der Waals surface area contributed by atoms with Gasteiger partial charge in [-0.15, -0.1) is 13.2 Å². The molecule has 7 nitrogen and oxygen atoms in total. The van der Waals surface area contributed by atoms with Crippen LogP contribution in [0.2, 0.25) is 0 Å². The number of carboxylic acids is 1. The number of amides is 2. The van der Waals surface area contributed by atoms with Crippen LogP contribution in [0, 0.1) is 5.92 Å². The van der Waals surface area contributed by atoms with E-state index < -0.39 is 12.3 Å². The Hall–Kier alpha value is -3.56. The minimum atomic E-state index is -4.79. The van der Waals surface area contributed by atoms with Crippen LogP contribution in [0.15, 0.2) is 48.5 Å². The highest BCUT2D eigenvalue weighted by Gasteiger charge is 2.51. The van der Waals surface area contributed by atoms with E-state index in [1.165, 1.54) is 24.3 Å². The van der Waals surface area contributed by atoms with E-state index in [1.54, 1.807) is 0 Å². The Morgan fingerprint density at radius 1 is 0.974 bits per heavy atom. The molecule has 202 valence electrons. The van der Waals surface area contributed by atoms with Crippen LogP contribution in [0.3, 0.4) is 0 Å². The third kappa shape index (κ3) is 5.49. The summed E-state index contributed by atoms with van der Waals surface area (Å²) in [5.41, 5.74) is 2.19. The van der Waals surface area contributed by atoms with Crippen molar-refractivity contribution in [2.24, 2.45) is 5.92 Å². The van der Waals surface area contributed by atoms with E-state index in [4.69, 9.17) is 5.11 Å². The van der Waals surface area contributed by atoms with Gasteiger partial charge < -0.3 is 19.6 Å². The number of anilines is 1. The van der Waals surface area contributed by atoms with Gasteiger partial charge in [0.1, 0.15) is 5.75 Å². The summed E-state index contributed by atoms with van der Waals surface area (Å²) in [6.45, 7) is 0. The average molecular weight is 531 g/mol. The number of carbonyl (C=O) groups excluding carboxylic acids is 2. The van der Waals surface area contributed by atoms with E-state index in [0.717, 1.165) is 43.4 Å². The van der Waals surface area contributed by atoms with Gasteiger partial charge in [-0.1, -0.05) is 36.8 Å². The van der Waals surface area contributed by atoms with Crippen LogP contribution < -0.4 is 9.64 Å². The maximum Gasteiger partial charge on any atom is 0.573 e. The summed E-state index contributed by atoms with van der Waals surface area (Å²) in [4.78, 5) is 41.8. The molecule has 3 aliphatic rings. The molecule has 0 aromatic heterocycles. The van der Waals surface area contributed by atoms with Crippen molar-refractivity contribution < 1.29 is 37.4 Å². The number of rotatable bonds is 8. The lowest BCUT2D eigenvalue weighted by molar-refractivity contribution is -0.274. The molecule has 2 fully saturated rings. The van der Waals surface area contributed by atoms with Gasteiger partial charge in [0.25, 0.3) is 0 Å². The Labute approximate surface area is 218 Å². The number of halogens is 3. The Morgan fingerprint density at radius 3 is 2.34 bits per heavy atom. The quantitative estimate of drug-likeness (QED) is 0.505. The predicted octanol–water partition coefficient (Wildman–Crippen LogP) is 5.24. The summed E-state index contributed by atoms with van der Waals surface area (Å²) < 4.78 is 41.4. The first kappa shape index (κ1) is 26.1. The topological polar surface area (TPSA) is 87.2 Å². The van der Waals surface area contributed by atoms with Gasteiger partial charge in [0.2, 0.25) is 11.8 Å². The van der Waals surface area contributed by atoms with Gasteiger partial charge in [0.05, 0.1) is 18.9 Å². The van der Waals surface area contributed by atoms with Gasteiger partial charge in [0.15, 0.2) is 0 Å². The molecule has 0 saturated heterocycles. The Balaban J connectivity index is 1.43. The lowest BCUT2D eigenvalue weighted by Crippen LogP contribution is -2.53. The van der Waals surface area contributed by atoms with Gasteiger partial charge >= 0.3 is 12.3 Å². The lowest BCUT2D eigenvalue weighted by atomic mass is 9.81. The minimum absolute atomic E-state index is 0.0123. The van der Waals surface area contributed by atoms with Gasteiger partial charge in [0, 0.05) is 30.1 Å². The first-order valence-corrected chi connectivity index (χ1v) is 12.9. The number of para-hydroxylation sites is 1. The molecule has 1 N–H and O–H groups in total. The number of carbonyl (C=O) groups is 3. The molecule has 2 amide bonds. The number of aliphatic carboxylic acids is 1. The third-order valence-electron chi connectivity index (χ3n) is 7.65. The summed E-state index contributed by atoms with van der Waals surface area (Å²) in [5, 5.41) is 9.13. The number of hydrogen-bond donors (Lipinski definition) is 1. The first-order valence-electron chi connectivity index (χ1n) is 12.9. The first-order chi connectivity index (χ1) is 18.1. The molecule has 1 aliphatic heterocycles. The summed E-state index contributed by atoms with van der Waals surface area (Å²) in [6, 6.07) is 12.6. The number of ether oxygens (including phenoxy) is 1. The monoisotopic (exact) mass is 530 g/mol. The summed E-state index contributed by atoms with van der Waals surface area (Å²) in [6.07, 6.45) is -0.773. The van der Waals surface area contributed by atoms with Crippen LogP contribution in [-0.2, 0) is 20.8 Å². The largest absolute Gasteiger partial charge is 0.573 e. The standard InChI is InChI=1S/C28H29F3N2O5/c29-28(30,31)38-19-12-8-17(9-13-19)16-25(35)33-22-6-2-1-4-20(22)27(21-5-3-7-23(21)33)32(18-10-11-18)24(34)14-15-26(36)37/h1-2,4,6,8-9,12-13,18,21,23,27H,3,5,7,10-11,14-16H2,(H,36,37)/t21-,23+,27-/m0/s1. The van der Waals surface area contributed by atoms with E-state index in [9.17, 15) is 27.6 Å². The smallest absolute Gasteiger partial charge is 0.481 e. The van der Waals surface area contributed by atoms with Gasteiger partial charge in [-0.25, -0.2) is 0 Å². The van der Waals surface area contributed by atoms with Crippen molar-refractivity contribution in [3.8, 4) is 5.75 Å². The lowest BCUT2D eigenvalue weighted by Gasteiger charge is -2.48. The zero-order valence-corrected chi connectivity index (χ0v) is 20.7. The molecule has 0 unspecified atom stereocenters. The Bertz CT molecular complexity index is 1210. The van der Waals surface area contributed by atoms with Crippen molar-refractivity contribution >= 4 is 23.5 Å². The van der Waals surface area contributed by atoms with Crippen LogP contribution in [0.1, 0.15) is 62.1 Å². The summed E-state index contributed by atoms with van der Waals surface area (Å²) in [5.74, 6) is -1.66. The normalized spacial score (nSPS) is 22.4. The van der Waals surface area contributed by atoms with Gasteiger partial charge in [-0.05, 0) is 55.0 Å². The molecule has 38 heavy (non-hydrogen) atoms. The van der Waals surface area contributed by atoms with Crippen molar-refractivity contribution in [2.75, 3.05) is 4.90 Å². The number of hydrogen-bond acceptors (Lipinski definition) is 4. The maximum absolute atomic E-state index is 13.7. The molecule has 2 aromatic rings. The van der Waals surface area contributed by atoms with Crippen molar-refractivity contribution in [3.05, 3.63) is 59.7 Å². The van der Waals surface area contributed by atoms with Crippen LogP contribution in [0.4, 0.5) is 18.9 Å². The number of fused-ring (bicyclic) bond motifs is 2. The second kappa shape index (κ2) is 10.3. The SMILES string of the molecule is O=C(O)CCC(=O)N(C1CC1)[C@H]1c2ccccc2N(C(=O)Cc2ccc(OC(F)(F)F)cc2)[C@@H]2CCC[C@@H]21. The summed E-state index contributed by atoms with van der Waals surface area (Å²) >= 11 is 0. The zero-order valence-electron chi connectivity index (χ0n) is 20.7. The van der Waals surface area contributed by atoms with Gasteiger partial charge in [-0.3, -0.25) is 14.4 Å². The zero-order chi connectivity index (χ0) is 27.0. The van der Waals surface area contributed by atoms with Crippen molar-refractivity contribution in [1.82, 2.24) is 4.90 Å². The highest BCUT2D eigenvalue weighted by Crippen LogP contribution is 2.52. The van der Waals surface area contributed by atoms with Gasteiger partial charge in [-0.2, -0.15) is 0 Å². The molecule has 0 bridgehead atoms. The van der Waals surface area contributed by atoms with Crippen LogP contribution >= 0.6 is 0 Å². The molecule has 1 heterocycles. The van der Waals surface area contributed by atoms with E-state index in [2.05, 4.69) is 4.74 Å². The molecule has 2 aliphatic carbocycles. The number of alkyl halides is 3. The number of carboxylic acid groups (broad SMARTS) is 1. The van der Waals surface area contributed by atoms with Crippen LogP contribution in [-0.4, -0.2) is 46.2 Å². The highest BCUT2D eigenvalue weighted by atomic mass is 19.4. The Morgan fingerprint density at radius 2 is 1.68 bits per heavy atom. The number of nitrogens with zero attached hydrogens (tertiary/aromatic N) is 2. The minimum Gasteiger partial charge on any atom is -0.481 e. The van der Waals surface area contributed by atoms with E-state index in [0.29, 0.717) is 5.56 Å². The van der Waals surface area contributed by atoms with E-state index in [1.807, 2.05) is 34.1 Å². The molecule has 5 rings (SSSR count). The fourth-order valence-electron chi connectivity index (χ4n) is 6.05. The van der Waals surface area contributed by atoms with Crippen LogP contribution in [0.5, 0.6) is 5.75 Å². The van der Waals surface area contributed by atoms with Crippen molar-refractivity contribution in [1.29, 1.82) is 0 Å². The number of benzene rings is 2. The second-order valence-electron chi connectivity index (χ2n) is 10.2. The highest BCUT2D eigenvalue weighted by molar-refractivity contribution is 5.97. The van der Waals surface area contributed by atoms with E-state index >= 15 is 0 Å². The second-order valence-corrected chi connectivity index (χ2v) is 10.2. The van der Waals surface area contributed by atoms with E-state index in [-0.39, 0.29) is 60.9 Å².